The third-order valence-corrected chi connectivity index (χ3v) is 3.49. The van der Waals surface area contributed by atoms with E-state index in [4.69, 9.17) is 16.7 Å². The molecule has 0 spiro atoms. The first-order valence-electron chi connectivity index (χ1n) is 6.10. The minimum atomic E-state index is -5.58. The Morgan fingerprint density at radius 1 is 1.26 bits per heavy atom. The summed E-state index contributed by atoms with van der Waals surface area (Å²) in [6.07, 6.45) is -5.58. The van der Waals surface area contributed by atoms with Crippen LogP contribution in [-0.2, 0) is 10.4 Å². The van der Waals surface area contributed by atoms with Gasteiger partial charge in [0.15, 0.2) is 0 Å². The Kier molecular flexibility index (Phi) is 4.03. The number of aromatic amines is 1. The van der Waals surface area contributed by atoms with Crippen LogP contribution in [-0.4, -0.2) is 32.1 Å². The first-order chi connectivity index (χ1) is 10.5. The van der Waals surface area contributed by atoms with E-state index in [1.54, 1.807) is 0 Å². The van der Waals surface area contributed by atoms with Crippen molar-refractivity contribution in [1.82, 2.24) is 9.78 Å². The topological polar surface area (TPSA) is 95.3 Å². The molecule has 1 aromatic carbocycles. The fraction of sp³-hybridized carbons (Fsp3) is 0.231. The van der Waals surface area contributed by atoms with Gasteiger partial charge in [-0.1, -0.05) is 11.6 Å². The van der Waals surface area contributed by atoms with Crippen molar-refractivity contribution < 1.29 is 28.2 Å². The molecule has 1 unspecified atom stereocenters. The van der Waals surface area contributed by atoms with E-state index in [0.717, 1.165) is 6.92 Å². The summed E-state index contributed by atoms with van der Waals surface area (Å²) in [6.45, 7) is 1.06. The molecular weight excluding hydrogens is 341 g/mol. The standard InChI is InChI=1S/C13H10ClF3N2O4/c1-6-9(12(23,11(21)22)13(15,16)17)10(20)19(18-6)8-4-2-7(14)3-5-8/h2-5,18,23H,1H3,(H,21,22). The van der Waals surface area contributed by atoms with E-state index in [9.17, 15) is 27.9 Å². The number of aliphatic carboxylic acids is 1. The number of hydrogen-bond acceptors (Lipinski definition) is 3. The Hall–Kier alpha value is -2.26. The van der Waals surface area contributed by atoms with E-state index in [-0.39, 0.29) is 5.69 Å². The van der Waals surface area contributed by atoms with Crippen LogP contribution in [0.3, 0.4) is 0 Å². The highest BCUT2D eigenvalue weighted by molar-refractivity contribution is 6.30. The van der Waals surface area contributed by atoms with Crippen LogP contribution in [0.1, 0.15) is 11.3 Å². The molecule has 1 atom stereocenters. The third kappa shape index (κ3) is 2.62. The number of halogens is 4. The smallest absolute Gasteiger partial charge is 0.432 e. The van der Waals surface area contributed by atoms with Gasteiger partial charge in [-0.15, -0.1) is 0 Å². The van der Waals surface area contributed by atoms with Crippen molar-refractivity contribution in [3.63, 3.8) is 0 Å². The molecule has 2 aromatic rings. The van der Waals surface area contributed by atoms with Gasteiger partial charge >= 0.3 is 12.1 Å². The van der Waals surface area contributed by atoms with Gasteiger partial charge in [-0.05, 0) is 31.2 Å². The SMILES string of the molecule is Cc1[nH]n(-c2ccc(Cl)cc2)c(=O)c1C(O)(C(=O)O)C(F)(F)F. The second kappa shape index (κ2) is 5.43. The molecule has 2 rings (SSSR count). The van der Waals surface area contributed by atoms with Crippen LogP contribution in [0.25, 0.3) is 5.69 Å². The molecule has 0 bridgehead atoms. The Morgan fingerprint density at radius 2 is 1.78 bits per heavy atom. The number of aliphatic hydroxyl groups is 1. The number of nitrogens with zero attached hydrogens (tertiary/aromatic N) is 1. The number of aryl methyl sites for hydroxylation is 1. The minimum Gasteiger partial charge on any atom is -0.479 e. The third-order valence-electron chi connectivity index (χ3n) is 3.24. The summed E-state index contributed by atoms with van der Waals surface area (Å²) in [7, 11) is 0. The Bertz CT molecular complexity index is 810. The van der Waals surface area contributed by atoms with Crippen molar-refractivity contribution in [2.24, 2.45) is 0 Å². The number of carbonyl (C=O) groups is 1. The number of H-pyrrole nitrogens is 1. The van der Waals surface area contributed by atoms with Crippen LogP contribution in [0.5, 0.6) is 0 Å². The van der Waals surface area contributed by atoms with Crippen molar-refractivity contribution >= 4 is 17.6 Å². The van der Waals surface area contributed by atoms with Gasteiger partial charge in [-0.3, -0.25) is 9.89 Å². The number of nitrogens with one attached hydrogen (secondary N) is 1. The lowest BCUT2D eigenvalue weighted by molar-refractivity contribution is -0.265. The Morgan fingerprint density at radius 3 is 2.22 bits per heavy atom. The van der Waals surface area contributed by atoms with Gasteiger partial charge in [0.1, 0.15) is 0 Å². The molecule has 0 aliphatic carbocycles. The van der Waals surface area contributed by atoms with Crippen molar-refractivity contribution in [2.45, 2.75) is 18.7 Å². The summed E-state index contributed by atoms with van der Waals surface area (Å²) in [5.74, 6) is -2.59. The van der Waals surface area contributed by atoms with E-state index < -0.39 is 34.6 Å². The molecule has 0 aliphatic rings. The van der Waals surface area contributed by atoms with Gasteiger partial charge in [0.25, 0.3) is 11.2 Å². The average molecular weight is 351 g/mol. The van der Waals surface area contributed by atoms with Gasteiger partial charge in [0.2, 0.25) is 0 Å². The van der Waals surface area contributed by atoms with E-state index in [1.165, 1.54) is 24.3 Å². The lowest BCUT2D eigenvalue weighted by Crippen LogP contribution is -2.52. The number of aromatic nitrogens is 2. The summed E-state index contributed by atoms with van der Waals surface area (Å²) in [4.78, 5) is 23.3. The molecule has 0 saturated heterocycles. The van der Waals surface area contributed by atoms with Gasteiger partial charge in [-0.2, -0.15) is 13.2 Å². The van der Waals surface area contributed by atoms with E-state index in [2.05, 4.69) is 5.10 Å². The zero-order valence-electron chi connectivity index (χ0n) is 11.5. The quantitative estimate of drug-likeness (QED) is 0.788. The molecular formula is C13H10ClF3N2O4. The second-order valence-corrected chi connectivity index (χ2v) is 5.18. The molecule has 1 heterocycles. The maximum atomic E-state index is 13.1. The molecule has 10 heteroatoms. The zero-order valence-corrected chi connectivity index (χ0v) is 12.2. The molecule has 6 nitrogen and oxygen atoms in total. The fourth-order valence-electron chi connectivity index (χ4n) is 2.11. The molecule has 0 saturated carbocycles. The maximum absolute atomic E-state index is 13.1. The summed E-state index contributed by atoms with van der Waals surface area (Å²) in [5, 5.41) is 21.2. The van der Waals surface area contributed by atoms with Gasteiger partial charge in [0.05, 0.1) is 11.3 Å². The van der Waals surface area contributed by atoms with E-state index >= 15 is 0 Å². The summed E-state index contributed by atoms with van der Waals surface area (Å²) in [5.41, 5.74) is -7.24. The van der Waals surface area contributed by atoms with Gasteiger partial charge in [-0.25, -0.2) is 9.48 Å². The molecule has 1 aromatic heterocycles. The summed E-state index contributed by atoms with van der Waals surface area (Å²) >= 11 is 5.69. The maximum Gasteiger partial charge on any atom is 0.432 e. The van der Waals surface area contributed by atoms with Crippen LogP contribution in [0, 0.1) is 6.92 Å². The number of carboxylic acids is 1. The van der Waals surface area contributed by atoms with Crippen molar-refractivity contribution in [3.8, 4) is 5.69 Å². The van der Waals surface area contributed by atoms with Crippen LogP contribution < -0.4 is 5.56 Å². The highest BCUT2D eigenvalue weighted by Crippen LogP contribution is 2.39. The van der Waals surface area contributed by atoms with Gasteiger partial charge in [0, 0.05) is 10.7 Å². The monoisotopic (exact) mass is 350 g/mol. The van der Waals surface area contributed by atoms with Crippen LogP contribution >= 0.6 is 11.6 Å². The first kappa shape index (κ1) is 17.1. The Balaban J connectivity index is 2.73. The van der Waals surface area contributed by atoms with E-state index in [0.29, 0.717) is 9.70 Å². The van der Waals surface area contributed by atoms with Crippen LogP contribution in [0.15, 0.2) is 29.1 Å². The van der Waals surface area contributed by atoms with Crippen LogP contribution in [0.4, 0.5) is 13.2 Å². The predicted molar refractivity (Wildman–Crippen MR) is 73.7 cm³/mol. The summed E-state index contributed by atoms with van der Waals surface area (Å²) < 4.78 is 39.9. The number of alkyl halides is 3. The van der Waals surface area contributed by atoms with E-state index in [1.807, 2.05) is 0 Å². The van der Waals surface area contributed by atoms with Gasteiger partial charge < -0.3 is 10.2 Å². The number of benzene rings is 1. The largest absolute Gasteiger partial charge is 0.479 e. The predicted octanol–water partition coefficient (Wildman–Crippen LogP) is 1.96. The Labute approximate surface area is 131 Å². The van der Waals surface area contributed by atoms with Crippen molar-refractivity contribution in [2.75, 3.05) is 0 Å². The average Bonchev–Trinajstić information content (AvgIpc) is 2.73. The molecule has 0 aliphatic heterocycles. The summed E-state index contributed by atoms with van der Waals surface area (Å²) in [6, 6.07) is 5.48. The normalized spacial score (nSPS) is 14.5. The molecule has 3 N–H and O–H groups in total. The lowest BCUT2D eigenvalue weighted by Gasteiger charge is -2.24. The fourth-order valence-corrected chi connectivity index (χ4v) is 2.24. The first-order valence-corrected chi connectivity index (χ1v) is 6.48. The van der Waals surface area contributed by atoms with Crippen molar-refractivity contribution in [3.05, 3.63) is 50.9 Å². The zero-order chi connectivity index (χ0) is 17.6. The molecule has 0 amide bonds. The molecule has 124 valence electrons. The van der Waals surface area contributed by atoms with Crippen molar-refractivity contribution in [1.29, 1.82) is 0 Å². The number of hydrogen-bond donors (Lipinski definition) is 3. The molecule has 0 radical (unpaired) electrons. The highest BCUT2D eigenvalue weighted by atomic mass is 35.5. The second-order valence-electron chi connectivity index (χ2n) is 4.74. The molecule has 0 fully saturated rings. The number of carboxylic acid groups (broad SMARTS) is 1. The minimum absolute atomic E-state index is 0.128. The van der Waals surface area contributed by atoms with Crippen LogP contribution in [0.2, 0.25) is 5.02 Å². The molecule has 23 heavy (non-hydrogen) atoms. The lowest BCUT2D eigenvalue weighted by atomic mass is 9.93. The number of rotatable bonds is 3. The highest BCUT2D eigenvalue weighted by Gasteiger charge is 2.64.